The molecule has 5 nitrogen and oxygen atoms in total. The van der Waals surface area contributed by atoms with Crippen LogP contribution in [0.5, 0.6) is 0 Å². The molecular weight excluding hydrogens is 148 g/mol. The molecular formula is C6H6N2O3. The maximum absolute atomic E-state index is 10.8. The van der Waals surface area contributed by atoms with Crippen molar-refractivity contribution in [1.82, 2.24) is 10.2 Å². The molecule has 0 bridgehead atoms. The average molecular weight is 154 g/mol. The number of carboxylic acid groups (broad SMARTS) is 1. The van der Waals surface area contributed by atoms with E-state index < -0.39 is 11.4 Å². The molecule has 1 aromatic heterocycles. The van der Waals surface area contributed by atoms with Crippen LogP contribution in [0.3, 0.4) is 0 Å². The summed E-state index contributed by atoms with van der Waals surface area (Å²) in [5.74, 6) is -1.23. The summed E-state index contributed by atoms with van der Waals surface area (Å²) in [6.45, 7) is 1.48. The molecule has 0 aromatic carbocycles. The van der Waals surface area contributed by atoms with Gasteiger partial charge in [0, 0.05) is 5.69 Å². The third-order valence-corrected chi connectivity index (χ3v) is 1.25. The van der Waals surface area contributed by atoms with E-state index in [0.29, 0.717) is 0 Å². The Hall–Kier alpha value is -1.65. The molecule has 2 N–H and O–H groups in total. The number of nitrogens with zero attached hydrogens (tertiary/aromatic N) is 1. The first-order valence-electron chi connectivity index (χ1n) is 2.90. The Bertz CT molecular complexity index is 342. The van der Waals surface area contributed by atoms with E-state index in [2.05, 4.69) is 10.2 Å². The molecule has 1 rings (SSSR count). The summed E-state index contributed by atoms with van der Waals surface area (Å²) in [5, 5.41) is 14.3. The first-order chi connectivity index (χ1) is 5.13. The van der Waals surface area contributed by atoms with Crippen LogP contribution in [-0.4, -0.2) is 21.3 Å². The fourth-order valence-electron chi connectivity index (χ4n) is 0.759. The molecule has 0 aliphatic carbocycles. The van der Waals surface area contributed by atoms with Gasteiger partial charge in [-0.2, -0.15) is 5.10 Å². The molecule has 0 atom stereocenters. The van der Waals surface area contributed by atoms with Crippen molar-refractivity contribution >= 4 is 5.97 Å². The van der Waals surface area contributed by atoms with Crippen LogP contribution in [0.1, 0.15) is 16.1 Å². The van der Waals surface area contributed by atoms with Gasteiger partial charge in [0.1, 0.15) is 5.56 Å². The molecule has 58 valence electrons. The largest absolute Gasteiger partial charge is 0.477 e. The Morgan fingerprint density at radius 1 is 1.73 bits per heavy atom. The third-order valence-electron chi connectivity index (χ3n) is 1.25. The number of aromatic nitrogens is 2. The molecule has 1 aromatic rings. The molecule has 0 aliphatic heterocycles. The minimum Gasteiger partial charge on any atom is -0.477 e. The molecule has 0 unspecified atom stereocenters. The van der Waals surface area contributed by atoms with Crippen LogP contribution in [-0.2, 0) is 0 Å². The second-order valence-corrected chi connectivity index (χ2v) is 2.04. The van der Waals surface area contributed by atoms with Crippen LogP contribution in [0, 0.1) is 6.92 Å². The fourth-order valence-corrected chi connectivity index (χ4v) is 0.759. The molecule has 0 spiro atoms. The minimum atomic E-state index is -1.23. The standard InChI is InChI=1S/C6H6N2O3/c1-3-5(6(10)11)4(9)2-7-8-3/h2H,1H3,(H,8,9)(H,10,11). The van der Waals surface area contributed by atoms with E-state index >= 15 is 0 Å². The summed E-state index contributed by atoms with van der Waals surface area (Å²) < 4.78 is 0. The second-order valence-electron chi connectivity index (χ2n) is 2.04. The minimum absolute atomic E-state index is 0.250. The van der Waals surface area contributed by atoms with Gasteiger partial charge in [0.2, 0.25) is 5.43 Å². The van der Waals surface area contributed by atoms with Gasteiger partial charge in [0.05, 0.1) is 6.20 Å². The van der Waals surface area contributed by atoms with Gasteiger partial charge in [-0.15, -0.1) is 0 Å². The van der Waals surface area contributed by atoms with Crippen molar-refractivity contribution in [3.63, 3.8) is 0 Å². The van der Waals surface area contributed by atoms with Gasteiger partial charge in [0.15, 0.2) is 0 Å². The number of carboxylic acids is 1. The smallest absolute Gasteiger partial charge is 0.341 e. The lowest BCUT2D eigenvalue weighted by molar-refractivity contribution is 0.0694. The average Bonchev–Trinajstić information content (AvgIpc) is 1.85. The SMILES string of the molecule is Cc1[nH]ncc(=O)c1C(=O)O. The van der Waals surface area contributed by atoms with Crippen molar-refractivity contribution < 1.29 is 9.90 Å². The van der Waals surface area contributed by atoms with Crippen molar-refractivity contribution in [2.45, 2.75) is 6.92 Å². The van der Waals surface area contributed by atoms with Gasteiger partial charge in [-0.1, -0.05) is 0 Å². The monoisotopic (exact) mass is 154 g/mol. The van der Waals surface area contributed by atoms with Gasteiger partial charge in [-0.3, -0.25) is 9.89 Å². The number of hydrogen-bond acceptors (Lipinski definition) is 3. The Labute approximate surface area is 61.7 Å². The molecule has 0 radical (unpaired) electrons. The van der Waals surface area contributed by atoms with E-state index in [1.165, 1.54) is 6.92 Å². The highest BCUT2D eigenvalue weighted by Gasteiger charge is 2.10. The number of hydrogen-bond donors (Lipinski definition) is 2. The maximum Gasteiger partial charge on any atom is 0.341 e. The Kier molecular flexibility index (Phi) is 1.72. The third kappa shape index (κ3) is 1.26. The number of aryl methyl sites for hydroxylation is 1. The lowest BCUT2D eigenvalue weighted by Gasteiger charge is -1.95. The number of aromatic amines is 1. The first kappa shape index (κ1) is 7.46. The van der Waals surface area contributed by atoms with Gasteiger partial charge in [-0.25, -0.2) is 4.79 Å². The molecule has 0 fully saturated rings. The predicted octanol–water partition coefficient (Wildman–Crippen LogP) is -0.223. The van der Waals surface area contributed by atoms with E-state index in [0.717, 1.165) is 6.20 Å². The van der Waals surface area contributed by atoms with Crippen molar-refractivity contribution in [2.75, 3.05) is 0 Å². The fraction of sp³-hybridized carbons (Fsp3) is 0.167. The number of aromatic carboxylic acids is 1. The molecule has 0 saturated heterocycles. The number of carbonyl (C=O) groups is 1. The van der Waals surface area contributed by atoms with Gasteiger partial charge in [-0.05, 0) is 6.92 Å². The first-order valence-corrected chi connectivity index (χ1v) is 2.90. The van der Waals surface area contributed by atoms with E-state index in [-0.39, 0.29) is 11.3 Å². The Morgan fingerprint density at radius 2 is 2.36 bits per heavy atom. The number of nitrogens with one attached hydrogen (secondary N) is 1. The van der Waals surface area contributed by atoms with E-state index in [1.807, 2.05) is 0 Å². The normalized spacial score (nSPS) is 9.55. The quantitative estimate of drug-likeness (QED) is 0.585. The second kappa shape index (κ2) is 2.53. The Morgan fingerprint density at radius 3 is 2.73 bits per heavy atom. The van der Waals surface area contributed by atoms with Crippen LogP contribution in [0.15, 0.2) is 11.0 Å². The lowest BCUT2D eigenvalue weighted by Crippen LogP contribution is -2.17. The zero-order valence-corrected chi connectivity index (χ0v) is 5.79. The Balaban J connectivity index is 3.45. The number of rotatable bonds is 1. The van der Waals surface area contributed by atoms with Gasteiger partial charge in [0.25, 0.3) is 0 Å². The van der Waals surface area contributed by atoms with Crippen molar-refractivity contribution in [3.8, 4) is 0 Å². The van der Waals surface area contributed by atoms with Crippen LogP contribution >= 0.6 is 0 Å². The summed E-state index contributed by atoms with van der Waals surface area (Å²) in [6.07, 6.45) is 0.941. The molecule has 0 aliphatic rings. The van der Waals surface area contributed by atoms with Crippen LogP contribution in [0.25, 0.3) is 0 Å². The van der Waals surface area contributed by atoms with Crippen LogP contribution in [0.4, 0.5) is 0 Å². The van der Waals surface area contributed by atoms with Crippen molar-refractivity contribution in [1.29, 1.82) is 0 Å². The summed E-state index contributed by atoms with van der Waals surface area (Å²) in [4.78, 5) is 21.2. The maximum atomic E-state index is 10.8. The highest BCUT2D eigenvalue weighted by molar-refractivity contribution is 5.88. The summed E-state index contributed by atoms with van der Waals surface area (Å²) in [5.41, 5.74) is -0.557. The van der Waals surface area contributed by atoms with Gasteiger partial charge >= 0.3 is 5.97 Å². The van der Waals surface area contributed by atoms with Crippen molar-refractivity contribution in [2.24, 2.45) is 0 Å². The molecule has 0 amide bonds. The summed E-state index contributed by atoms with van der Waals surface area (Å²) in [6, 6.07) is 0. The topological polar surface area (TPSA) is 83.0 Å². The molecule has 5 heteroatoms. The van der Waals surface area contributed by atoms with E-state index in [1.54, 1.807) is 0 Å². The predicted molar refractivity (Wildman–Crippen MR) is 36.6 cm³/mol. The molecule has 11 heavy (non-hydrogen) atoms. The summed E-state index contributed by atoms with van der Waals surface area (Å²) >= 11 is 0. The highest BCUT2D eigenvalue weighted by atomic mass is 16.4. The van der Waals surface area contributed by atoms with E-state index in [9.17, 15) is 9.59 Å². The van der Waals surface area contributed by atoms with E-state index in [4.69, 9.17) is 5.11 Å². The molecule has 0 saturated carbocycles. The van der Waals surface area contributed by atoms with Crippen LogP contribution in [0.2, 0.25) is 0 Å². The van der Waals surface area contributed by atoms with Crippen molar-refractivity contribution in [3.05, 3.63) is 27.7 Å². The zero-order valence-electron chi connectivity index (χ0n) is 5.79. The lowest BCUT2D eigenvalue weighted by atomic mass is 10.2. The zero-order chi connectivity index (χ0) is 8.43. The molecule has 1 heterocycles. The number of H-pyrrole nitrogens is 1. The van der Waals surface area contributed by atoms with Gasteiger partial charge < -0.3 is 5.11 Å². The van der Waals surface area contributed by atoms with Crippen LogP contribution < -0.4 is 5.43 Å². The summed E-state index contributed by atoms with van der Waals surface area (Å²) in [7, 11) is 0. The highest BCUT2D eigenvalue weighted by Crippen LogP contribution is 1.94.